The molecule has 104 valence electrons. The van der Waals surface area contributed by atoms with Crippen LogP contribution < -0.4 is 0 Å². The van der Waals surface area contributed by atoms with Crippen LogP contribution in [0.5, 0.6) is 0 Å². The zero-order valence-electron chi connectivity index (χ0n) is 12.6. The van der Waals surface area contributed by atoms with Crippen molar-refractivity contribution in [2.24, 2.45) is 0 Å². The number of carbonyl (C=O) groups is 1. The van der Waals surface area contributed by atoms with Crippen molar-refractivity contribution in [2.75, 3.05) is 7.05 Å². The van der Waals surface area contributed by atoms with Gasteiger partial charge in [0.25, 0.3) is 5.91 Å². The number of carbonyl (C=O) groups excluding carboxylic acids is 1. The molecular formula is C18H21NO. The molecule has 0 N–H and O–H groups in total. The first-order chi connectivity index (χ1) is 9.50. The Morgan fingerprint density at radius 1 is 1.00 bits per heavy atom. The molecule has 1 amide bonds. The van der Waals surface area contributed by atoms with Crippen molar-refractivity contribution in [1.29, 1.82) is 0 Å². The number of aryl methyl sites for hydroxylation is 2. The SMILES string of the molecule is Cc1ccc(C(C)N(C)C(=O)c2ccccc2C)cc1. The molecule has 20 heavy (non-hydrogen) atoms. The second-order valence-corrected chi connectivity index (χ2v) is 5.32. The Bertz CT molecular complexity index is 601. The van der Waals surface area contributed by atoms with Crippen LogP contribution in [0, 0.1) is 13.8 Å². The van der Waals surface area contributed by atoms with Crippen LogP contribution in [0.2, 0.25) is 0 Å². The Hall–Kier alpha value is -2.09. The van der Waals surface area contributed by atoms with Gasteiger partial charge >= 0.3 is 0 Å². The van der Waals surface area contributed by atoms with Crippen molar-refractivity contribution in [2.45, 2.75) is 26.8 Å². The van der Waals surface area contributed by atoms with E-state index in [1.54, 1.807) is 4.90 Å². The van der Waals surface area contributed by atoms with Crippen LogP contribution in [0.15, 0.2) is 48.5 Å². The highest BCUT2D eigenvalue weighted by Crippen LogP contribution is 2.22. The average Bonchev–Trinajstić information content (AvgIpc) is 2.46. The van der Waals surface area contributed by atoms with Gasteiger partial charge in [0.2, 0.25) is 0 Å². The molecule has 2 aromatic rings. The molecule has 0 saturated carbocycles. The van der Waals surface area contributed by atoms with Gasteiger partial charge in [0.1, 0.15) is 0 Å². The van der Waals surface area contributed by atoms with Crippen molar-refractivity contribution >= 4 is 5.91 Å². The van der Waals surface area contributed by atoms with Gasteiger partial charge in [-0.1, -0.05) is 48.0 Å². The molecule has 2 nitrogen and oxygen atoms in total. The number of benzene rings is 2. The molecule has 0 aliphatic rings. The quantitative estimate of drug-likeness (QED) is 0.818. The summed E-state index contributed by atoms with van der Waals surface area (Å²) in [5, 5.41) is 0. The summed E-state index contributed by atoms with van der Waals surface area (Å²) >= 11 is 0. The lowest BCUT2D eigenvalue weighted by Gasteiger charge is -2.26. The largest absolute Gasteiger partial charge is 0.335 e. The summed E-state index contributed by atoms with van der Waals surface area (Å²) in [7, 11) is 1.86. The molecule has 0 aromatic heterocycles. The lowest BCUT2D eigenvalue weighted by atomic mass is 10.0. The highest BCUT2D eigenvalue weighted by Gasteiger charge is 2.19. The molecule has 0 fully saturated rings. The van der Waals surface area contributed by atoms with E-state index in [0.29, 0.717) is 0 Å². The second-order valence-electron chi connectivity index (χ2n) is 5.32. The first kappa shape index (κ1) is 14.3. The predicted molar refractivity (Wildman–Crippen MR) is 82.9 cm³/mol. The lowest BCUT2D eigenvalue weighted by Crippen LogP contribution is -2.30. The number of amides is 1. The maximum atomic E-state index is 12.6. The van der Waals surface area contributed by atoms with Gasteiger partial charge < -0.3 is 4.90 Å². The monoisotopic (exact) mass is 267 g/mol. The normalized spacial score (nSPS) is 12.0. The Balaban J connectivity index is 2.22. The van der Waals surface area contributed by atoms with E-state index >= 15 is 0 Å². The van der Waals surface area contributed by atoms with Gasteiger partial charge in [-0.15, -0.1) is 0 Å². The van der Waals surface area contributed by atoms with Gasteiger partial charge in [0, 0.05) is 12.6 Å². The molecule has 2 heteroatoms. The van der Waals surface area contributed by atoms with Crippen molar-refractivity contribution in [1.82, 2.24) is 4.90 Å². The highest BCUT2D eigenvalue weighted by molar-refractivity contribution is 5.95. The van der Waals surface area contributed by atoms with Crippen molar-refractivity contribution in [3.05, 3.63) is 70.8 Å². The van der Waals surface area contributed by atoms with E-state index in [0.717, 1.165) is 16.7 Å². The zero-order chi connectivity index (χ0) is 14.7. The molecule has 0 aliphatic carbocycles. The van der Waals surface area contributed by atoms with Gasteiger partial charge in [-0.3, -0.25) is 4.79 Å². The summed E-state index contributed by atoms with van der Waals surface area (Å²) in [6, 6.07) is 16.1. The standard InChI is InChI=1S/C18H21NO/c1-13-9-11-16(12-10-13)15(3)19(4)18(20)17-8-6-5-7-14(17)2/h5-12,15H,1-4H3. The molecule has 1 atom stereocenters. The van der Waals surface area contributed by atoms with E-state index < -0.39 is 0 Å². The van der Waals surface area contributed by atoms with E-state index in [1.807, 2.05) is 38.2 Å². The summed E-state index contributed by atoms with van der Waals surface area (Å²) in [4.78, 5) is 14.4. The molecule has 0 spiro atoms. The number of rotatable bonds is 3. The van der Waals surface area contributed by atoms with Gasteiger partial charge in [0.05, 0.1) is 6.04 Å². The number of hydrogen-bond donors (Lipinski definition) is 0. The third-order valence-electron chi connectivity index (χ3n) is 3.84. The molecule has 2 rings (SSSR count). The maximum Gasteiger partial charge on any atom is 0.254 e. The number of nitrogens with zero attached hydrogens (tertiary/aromatic N) is 1. The topological polar surface area (TPSA) is 20.3 Å². The van der Waals surface area contributed by atoms with Gasteiger partial charge in [-0.25, -0.2) is 0 Å². The molecule has 0 heterocycles. The average molecular weight is 267 g/mol. The summed E-state index contributed by atoms with van der Waals surface area (Å²) in [6.45, 7) is 6.09. The first-order valence-electron chi connectivity index (χ1n) is 6.90. The smallest absolute Gasteiger partial charge is 0.254 e. The van der Waals surface area contributed by atoms with Crippen molar-refractivity contribution in [3.63, 3.8) is 0 Å². The molecule has 0 aliphatic heterocycles. The molecule has 0 bridgehead atoms. The Morgan fingerprint density at radius 2 is 1.60 bits per heavy atom. The van der Waals surface area contributed by atoms with Crippen molar-refractivity contribution in [3.8, 4) is 0 Å². The van der Waals surface area contributed by atoms with Crippen LogP contribution in [0.3, 0.4) is 0 Å². The molecule has 0 saturated heterocycles. The predicted octanol–water partition coefficient (Wildman–Crippen LogP) is 4.14. The Kier molecular flexibility index (Phi) is 4.23. The highest BCUT2D eigenvalue weighted by atomic mass is 16.2. The Labute approximate surface area is 121 Å². The fourth-order valence-electron chi connectivity index (χ4n) is 2.25. The van der Waals surface area contributed by atoms with E-state index in [2.05, 4.69) is 38.1 Å². The third kappa shape index (κ3) is 2.90. The van der Waals surface area contributed by atoms with Crippen LogP contribution in [-0.2, 0) is 0 Å². The van der Waals surface area contributed by atoms with Gasteiger partial charge in [-0.05, 0) is 38.0 Å². The van der Waals surface area contributed by atoms with E-state index in [1.165, 1.54) is 5.56 Å². The minimum atomic E-state index is 0.0581. The fourth-order valence-corrected chi connectivity index (χ4v) is 2.25. The fraction of sp³-hybridized carbons (Fsp3) is 0.278. The molecule has 0 radical (unpaired) electrons. The van der Waals surface area contributed by atoms with Gasteiger partial charge in [0.15, 0.2) is 0 Å². The lowest BCUT2D eigenvalue weighted by molar-refractivity contribution is 0.0742. The zero-order valence-corrected chi connectivity index (χ0v) is 12.6. The van der Waals surface area contributed by atoms with Crippen LogP contribution in [0.1, 0.15) is 40.0 Å². The first-order valence-corrected chi connectivity index (χ1v) is 6.90. The molecular weight excluding hydrogens is 246 g/mol. The number of hydrogen-bond acceptors (Lipinski definition) is 1. The van der Waals surface area contributed by atoms with E-state index in [4.69, 9.17) is 0 Å². The molecule has 2 aromatic carbocycles. The van der Waals surface area contributed by atoms with Crippen molar-refractivity contribution < 1.29 is 4.79 Å². The van der Waals surface area contributed by atoms with Crippen LogP contribution in [0.25, 0.3) is 0 Å². The van der Waals surface area contributed by atoms with E-state index in [-0.39, 0.29) is 11.9 Å². The minimum Gasteiger partial charge on any atom is -0.335 e. The maximum absolute atomic E-state index is 12.6. The Morgan fingerprint density at radius 3 is 2.20 bits per heavy atom. The summed E-state index contributed by atoms with van der Waals surface area (Å²) in [5.74, 6) is 0.0659. The summed E-state index contributed by atoms with van der Waals surface area (Å²) < 4.78 is 0. The third-order valence-corrected chi connectivity index (χ3v) is 3.84. The summed E-state index contributed by atoms with van der Waals surface area (Å²) in [6.07, 6.45) is 0. The van der Waals surface area contributed by atoms with Crippen LogP contribution in [-0.4, -0.2) is 17.9 Å². The second kappa shape index (κ2) is 5.91. The van der Waals surface area contributed by atoms with Gasteiger partial charge in [-0.2, -0.15) is 0 Å². The van der Waals surface area contributed by atoms with Crippen LogP contribution in [0.4, 0.5) is 0 Å². The van der Waals surface area contributed by atoms with Crippen LogP contribution >= 0.6 is 0 Å². The van der Waals surface area contributed by atoms with E-state index in [9.17, 15) is 4.79 Å². The molecule has 1 unspecified atom stereocenters. The minimum absolute atomic E-state index is 0.0581. The summed E-state index contributed by atoms with van der Waals surface area (Å²) in [5.41, 5.74) is 4.17.